The molecule has 1 aliphatic carbocycles. The predicted octanol–water partition coefficient (Wildman–Crippen LogP) is 2.45. The molecule has 0 aromatic heterocycles. The lowest BCUT2D eigenvalue weighted by Gasteiger charge is -2.32. The van der Waals surface area contributed by atoms with Gasteiger partial charge in [0.05, 0.1) is 10.6 Å². The molecule has 0 atom stereocenters. The van der Waals surface area contributed by atoms with Crippen LogP contribution in [0.15, 0.2) is 23.1 Å². The first kappa shape index (κ1) is 15.7. The lowest BCUT2D eigenvalue weighted by Crippen LogP contribution is -2.44. The van der Waals surface area contributed by atoms with E-state index in [-0.39, 0.29) is 16.5 Å². The van der Waals surface area contributed by atoms with Crippen LogP contribution in [0.25, 0.3) is 0 Å². The lowest BCUT2D eigenvalue weighted by atomic mass is 9.85. The topological polar surface area (TPSA) is 66.4 Å². The molecule has 1 aromatic rings. The number of nitrogens with one attached hydrogen (secondary N) is 1. The van der Waals surface area contributed by atoms with E-state index in [1.165, 1.54) is 6.07 Å². The van der Waals surface area contributed by atoms with Crippen molar-refractivity contribution in [1.82, 2.24) is 4.72 Å². The summed E-state index contributed by atoms with van der Waals surface area (Å²) in [5, 5.41) is 10.2. The molecule has 112 valence electrons. The number of aliphatic hydroxyl groups is 1. The Hall–Kier alpha value is -0.690. The van der Waals surface area contributed by atoms with Gasteiger partial charge in [-0.05, 0) is 31.0 Å². The Morgan fingerprint density at radius 2 is 1.95 bits per heavy atom. The molecule has 1 fully saturated rings. The summed E-state index contributed by atoms with van der Waals surface area (Å²) >= 11 is 5.79. The molecular weight excluding hydrogens is 305 g/mol. The van der Waals surface area contributed by atoms with Gasteiger partial charge in [-0.1, -0.05) is 30.9 Å². The molecule has 0 radical (unpaired) electrons. The third-order valence-corrected chi connectivity index (χ3v) is 5.44. The molecule has 0 aliphatic heterocycles. The van der Waals surface area contributed by atoms with E-state index in [9.17, 15) is 17.9 Å². The quantitative estimate of drug-likeness (QED) is 0.895. The summed E-state index contributed by atoms with van der Waals surface area (Å²) in [6.45, 7) is -0.0812. The molecule has 2 N–H and O–H groups in total. The number of benzene rings is 1. The summed E-state index contributed by atoms with van der Waals surface area (Å²) in [6, 6.07) is 3.16. The van der Waals surface area contributed by atoms with Crippen molar-refractivity contribution in [1.29, 1.82) is 0 Å². The number of rotatable bonds is 4. The first-order valence-electron chi connectivity index (χ1n) is 6.50. The smallest absolute Gasteiger partial charge is 0.242 e. The predicted molar refractivity (Wildman–Crippen MR) is 74.6 cm³/mol. The van der Waals surface area contributed by atoms with E-state index in [0.717, 1.165) is 31.4 Å². The van der Waals surface area contributed by atoms with Crippen molar-refractivity contribution < 1.29 is 17.9 Å². The van der Waals surface area contributed by atoms with Gasteiger partial charge < -0.3 is 5.11 Å². The highest BCUT2D eigenvalue weighted by Crippen LogP contribution is 2.28. The van der Waals surface area contributed by atoms with Gasteiger partial charge in [0, 0.05) is 6.54 Å². The summed E-state index contributed by atoms with van der Waals surface area (Å²) in [5.41, 5.74) is -1.02. The highest BCUT2D eigenvalue weighted by Gasteiger charge is 2.31. The monoisotopic (exact) mass is 321 g/mol. The van der Waals surface area contributed by atoms with Gasteiger partial charge >= 0.3 is 0 Å². The molecule has 4 nitrogen and oxygen atoms in total. The molecular formula is C13H17ClFNO3S. The van der Waals surface area contributed by atoms with Crippen molar-refractivity contribution in [2.24, 2.45) is 0 Å². The van der Waals surface area contributed by atoms with E-state index in [1.807, 2.05) is 0 Å². The maximum atomic E-state index is 13.1. The van der Waals surface area contributed by atoms with Crippen molar-refractivity contribution in [2.45, 2.75) is 42.6 Å². The zero-order valence-electron chi connectivity index (χ0n) is 10.9. The molecule has 0 bridgehead atoms. The van der Waals surface area contributed by atoms with E-state index in [2.05, 4.69) is 4.72 Å². The molecule has 2 rings (SSSR count). The second-order valence-corrected chi connectivity index (χ2v) is 7.33. The number of sulfonamides is 1. The lowest BCUT2D eigenvalue weighted by molar-refractivity contribution is 0.00945. The van der Waals surface area contributed by atoms with E-state index in [4.69, 9.17) is 11.6 Å². The van der Waals surface area contributed by atoms with Crippen LogP contribution in [0.5, 0.6) is 0 Å². The Kier molecular flexibility index (Phi) is 4.69. The summed E-state index contributed by atoms with van der Waals surface area (Å²) < 4.78 is 39.7. The van der Waals surface area contributed by atoms with Crippen LogP contribution < -0.4 is 4.72 Å². The van der Waals surface area contributed by atoms with Crippen LogP contribution in [-0.2, 0) is 10.0 Å². The number of halogens is 2. The van der Waals surface area contributed by atoms with E-state index in [1.54, 1.807) is 0 Å². The van der Waals surface area contributed by atoms with Crippen LogP contribution in [0.1, 0.15) is 32.1 Å². The first-order chi connectivity index (χ1) is 9.32. The standard InChI is InChI=1S/C13H17ClFNO3S/c14-11-5-4-10(15)8-12(11)20(18,19)16-9-13(17)6-2-1-3-7-13/h4-5,8,16-17H,1-3,6-7,9H2. The average molecular weight is 322 g/mol. The van der Waals surface area contributed by atoms with Crippen LogP contribution in [0.2, 0.25) is 5.02 Å². The van der Waals surface area contributed by atoms with Gasteiger partial charge in [0.25, 0.3) is 0 Å². The summed E-state index contributed by atoms with van der Waals surface area (Å²) in [4.78, 5) is -0.307. The van der Waals surface area contributed by atoms with Crippen molar-refractivity contribution in [3.8, 4) is 0 Å². The minimum Gasteiger partial charge on any atom is -0.389 e. The minimum atomic E-state index is -3.93. The first-order valence-corrected chi connectivity index (χ1v) is 8.36. The Morgan fingerprint density at radius 1 is 1.30 bits per heavy atom. The molecule has 7 heteroatoms. The van der Waals surface area contributed by atoms with Crippen molar-refractivity contribution in [3.63, 3.8) is 0 Å². The summed E-state index contributed by atoms with van der Waals surface area (Å²) in [6.07, 6.45) is 3.92. The SMILES string of the molecule is O=S(=O)(NCC1(O)CCCCC1)c1cc(F)ccc1Cl. The molecule has 20 heavy (non-hydrogen) atoms. The molecule has 1 saturated carbocycles. The molecule has 0 saturated heterocycles. The van der Waals surface area contributed by atoms with Crippen molar-refractivity contribution >= 4 is 21.6 Å². The molecule has 0 unspecified atom stereocenters. The van der Waals surface area contributed by atoms with E-state index >= 15 is 0 Å². The second kappa shape index (κ2) is 5.97. The van der Waals surface area contributed by atoms with Gasteiger partial charge in [-0.2, -0.15) is 0 Å². The Bertz CT molecular complexity index is 585. The Balaban J connectivity index is 2.13. The summed E-state index contributed by atoms with van der Waals surface area (Å²) in [5.74, 6) is -0.675. The molecule has 1 aromatic carbocycles. The van der Waals surface area contributed by atoms with E-state index in [0.29, 0.717) is 12.8 Å². The Morgan fingerprint density at radius 3 is 2.60 bits per heavy atom. The minimum absolute atomic E-state index is 0.0467. The van der Waals surface area contributed by atoms with Gasteiger partial charge in [-0.3, -0.25) is 0 Å². The Labute approximate surface area is 123 Å². The highest BCUT2D eigenvalue weighted by atomic mass is 35.5. The zero-order valence-corrected chi connectivity index (χ0v) is 12.5. The van der Waals surface area contributed by atoms with Gasteiger partial charge in [0.15, 0.2) is 0 Å². The number of hydrogen-bond donors (Lipinski definition) is 2. The zero-order chi connectivity index (χ0) is 14.8. The normalized spacial score (nSPS) is 18.9. The van der Waals surface area contributed by atoms with Gasteiger partial charge in [0.1, 0.15) is 10.7 Å². The fraction of sp³-hybridized carbons (Fsp3) is 0.538. The third kappa shape index (κ3) is 3.69. The third-order valence-electron chi connectivity index (χ3n) is 3.56. The molecule has 0 amide bonds. The van der Waals surface area contributed by atoms with Crippen molar-refractivity contribution in [2.75, 3.05) is 6.54 Å². The number of hydrogen-bond acceptors (Lipinski definition) is 3. The van der Waals surface area contributed by atoms with Crippen LogP contribution in [0, 0.1) is 5.82 Å². The van der Waals surface area contributed by atoms with Gasteiger partial charge in [-0.15, -0.1) is 0 Å². The van der Waals surface area contributed by atoms with Crippen LogP contribution in [0.3, 0.4) is 0 Å². The molecule has 0 heterocycles. The van der Waals surface area contributed by atoms with Gasteiger partial charge in [-0.25, -0.2) is 17.5 Å². The highest BCUT2D eigenvalue weighted by molar-refractivity contribution is 7.89. The largest absolute Gasteiger partial charge is 0.389 e. The fourth-order valence-electron chi connectivity index (χ4n) is 2.38. The van der Waals surface area contributed by atoms with Crippen LogP contribution >= 0.6 is 11.6 Å². The van der Waals surface area contributed by atoms with Crippen LogP contribution in [0.4, 0.5) is 4.39 Å². The van der Waals surface area contributed by atoms with Crippen LogP contribution in [-0.4, -0.2) is 25.7 Å². The van der Waals surface area contributed by atoms with Gasteiger partial charge in [0.2, 0.25) is 10.0 Å². The second-order valence-electron chi connectivity index (χ2n) is 5.18. The maximum Gasteiger partial charge on any atom is 0.242 e. The molecule has 0 spiro atoms. The van der Waals surface area contributed by atoms with Crippen molar-refractivity contribution in [3.05, 3.63) is 29.0 Å². The van der Waals surface area contributed by atoms with E-state index < -0.39 is 21.4 Å². The molecule has 1 aliphatic rings. The fourth-order valence-corrected chi connectivity index (χ4v) is 4.01. The maximum absolute atomic E-state index is 13.1. The average Bonchev–Trinajstić information content (AvgIpc) is 2.40. The summed E-state index contributed by atoms with van der Waals surface area (Å²) in [7, 11) is -3.93.